The number of pyridine rings is 2. The molecule has 4 aromatic heterocycles. The lowest BCUT2D eigenvalue weighted by molar-refractivity contribution is 0.415. The van der Waals surface area contributed by atoms with Crippen LogP contribution < -0.4 is 15.9 Å². The summed E-state index contributed by atoms with van der Waals surface area (Å²) in [6.07, 6.45) is 0. The van der Waals surface area contributed by atoms with Crippen molar-refractivity contribution >= 4 is 98.0 Å². The first-order valence-electron chi connectivity index (χ1n) is 14.9. The van der Waals surface area contributed by atoms with E-state index in [1.54, 1.807) is 15.9 Å². The van der Waals surface area contributed by atoms with Gasteiger partial charge in [0, 0.05) is 38.4 Å². The van der Waals surface area contributed by atoms with Crippen molar-refractivity contribution in [3.63, 3.8) is 0 Å². The second-order valence-corrected chi connectivity index (χ2v) is 12.1. The van der Waals surface area contributed by atoms with Gasteiger partial charge in [-0.3, -0.25) is 18.4 Å². The van der Waals surface area contributed by atoms with Crippen molar-refractivity contribution in [2.45, 2.75) is 6.92 Å². The number of fused-ring (bicyclic) bond motifs is 10. The van der Waals surface area contributed by atoms with Gasteiger partial charge in [-0.25, -0.2) is 9.97 Å². The zero-order valence-corrected chi connectivity index (χ0v) is 24.1. The fraction of sp³-hybridized carbons (Fsp3) is 0.0526. The Morgan fingerprint density at radius 2 is 1.00 bits per heavy atom. The molecule has 0 amide bonds. The second-order valence-electron chi connectivity index (χ2n) is 12.1. The number of aryl methyl sites for hydroxylation is 1. The molecule has 0 unspecified atom stereocenters. The minimum Gasteiger partial charge on any atom is -0.497 e. The van der Waals surface area contributed by atoms with E-state index in [1.807, 2.05) is 55.5 Å². The molecule has 0 saturated carbocycles. The van der Waals surface area contributed by atoms with E-state index in [1.165, 1.54) is 0 Å². The Kier molecular flexibility index (Phi) is 3.91. The van der Waals surface area contributed by atoms with Gasteiger partial charge in [0.25, 0.3) is 11.1 Å². The van der Waals surface area contributed by atoms with E-state index in [0.29, 0.717) is 27.8 Å². The van der Waals surface area contributed by atoms with E-state index in [4.69, 9.17) is 14.7 Å². The topological polar surface area (TPSA) is 78.0 Å². The number of rotatable bonds is 1. The van der Waals surface area contributed by atoms with Gasteiger partial charge in [0.05, 0.1) is 29.2 Å². The van der Waals surface area contributed by atoms with Crippen LogP contribution in [-0.4, -0.2) is 25.9 Å². The highest BCUT2D eigenvalue weighted by molar-refractivity contribution is 6.40. The average Bonchev–Trinajstić information content (AvgIpc) is 3.64. The van der Waals surface area contributed by atoms with E-state index in [2.05, 4.69) is 36.4 Å². The zero-order valence-electron chi connectivity index (χ0n) is 24.1. The summed E-state index contributed by atoms with van der Waals surface area (Å²) in [6.45, 7) is 2.04. The van der Waals surface area contributed by atoms with Crippen LogP contribution in [0.4, 0.5) is 0 Å². The van der Waals surface area contributed by atoms with Crippen LogP contribution in [-0.2, 0) is 0 Å². The molecule has 0 aliphatic carbocycles. The van der Waals surface area contributed by atoms with Crippen molar-refractivity contribution in [1.82, 2.24) is 18.8 Å². The number of nitrogens with zero attached hydrogens (tertiary/aromatic N) is 4. The smallest absolute Gasteiger partial charge is 0.264 e. The second kappa shape index (κ2) is 7.52. The monoisotopic (exact) mass is 580 g/mol. The molecule has 0 N–H and O–H groups in total. The largest absolute Gasteiger partial charge is 0.497 e. The van der Waals surface area contributed by atoms with Crippen molar-refractivity contribution in [3.8, 4) is 5.75 Å². The van der Waals surface area contributed by atoms with Crippen molar-refractivity contribution in [1.29, 1.82) is 0 Å². The fourth-order valence-electron chi connectivity index (χ4n) is 8.00. The number of hydrogen-bond donors (Lipinski definition) is 0. The molecule has 4 heterocycles. The van der Waals surface area contributed by atoms with Crippen LogP contribution in [0.15, 0.2) is 94.5 Å². The molecular formula is C38H20N4O3. The molecule has 0 fully saturated rings. The normalized spacial score (nSPS) is 12.8. The van der Waals surface area contributed by atoms with Crippen molar-refractivity contribution in [2.24, 2.45) is 0 Å². The molecule has 0 saturated heterocycles. The van der Waals surface area contributed by atoms with Gasteiger partial charge in [0.15, 0.2) is 0 Å². The number of ether oxygens (including phenoxy) is 1. The van der Waals surface area contributed by atoms with Crippen LogP contribution >= 0.6 is 0 Å². The summed E-state index contributed by atoms with van der Waals surface area (Å²) in [7, 11) is 1.62. The minimum atomic E-state index is -0.104. The molecule has 0 aliphatic rings. The molecule has 0 bridgehead atoms. The first kappa shape index (κ1) is 23.4. The molecule has 11 rings (SSSR count). The summed E-state index contributed by atoms with van der Waals surface area (Å²) in [5, 5.41) is 11.3. The van der Waals surface area contributed by atoms with Crippen LogP contribution in [0.2, 0.25) is 0 Å². The third-order valence-electron chi connectivity index (χ3n) is 9.92. The first-order chi connectivity index (χ1) is 22.0. The molecule has 7 aromatic carbocycles. The average molecular weight is 581 g/mol. The number of imidazole rings is 2. The lowest BCUT2D eigenvalue weighted by Gasteiger charge is -2.18. The molecule has 45 heavy (non-hydrogen) atoms. The van der Waals surface area contributed by atoms with Gasteiger partial charge in [-0.1, -0.05) is 30.3 Å². The highest BCUT2D eigenvalue weighted by Gasteiger charge is 2.24. The molecule has 11 aromatic rings. The van der Waals surface area contributed by atoms with Gasteiger partial charge in [-0.05, 0) is 93.3 Å². The molecule has 0 atom stereocenters. The maximum absolute atomic E-state index is 14.2. The standard InChI is InChI=1S/C38H20N4O3/c1-17-3-14-29-28(15-17)40-36-24-10-6-20-22-8-12-26-33-23(35-39-27-13-4-18(45-2)16-30(27)42(35)38(26)44)9-5-19(31(22)33)21-7-11-25(34(24)32(20)21)37(43)41(29)36/h3-16H,1-2H3. The first-order valence-corrected chi connectivity index (χ1v) is 14.9. The lowest BCUT2D eigenvalue weighted by atomic mass is 9.86. The van der Waals surface area contributed by atoms with Crippen molar-refractivity contribution < 1.29 is 4.74 Å². The summed E-state index contributed by atoms with van der Waals surface area (Å²) in [4.78, 5) is 38.1. The molecule has 0 radical (unpaired) electrons. The maximum atomic E-state index is 14.2. The predicted molar refractivity (Wildman–Crippen MR) is 181 cm³/mol. The third kappa shape index (κ3) is 2.57. The minimum absolute atomic E-state index is 0.0651. The van der Waals surface area contributed by atoms with Crippen molar-refractivity contribution in [2.75, 3.05) is 7.11 Å². The summed E-state index contributed by atoms with van der Waals surface area (Å²) >= 11 is 0. The Labute approximate surface area is 252 Å². The van der Waals surface area contributed by atoms with Gasteiger partial charge in [-0.15, -0.1) is 0 Å². The predicted octanol–water partition coefficient (Wildman–Crippen LogP) is 7.56. The number of benzene rings is 7. The van der Waals surface area contributed by atoms with Crippen LogP contribution in [0.1, 0.15) is 5.56 Å². The summed E-state index contributed by atoms with van der Waals surface area (Å²) in [6, 6.07) is 28.1. The van der Waals surface area contributed by atoms with E-state index in [-0.39, 0.29) is 11.1 Å². The summed E-state index contributed by atoms with van der Waals surface area (Å²) in [5.74, 6) is 0.676. The van der Waals surface area contributed by atoms with Crippen molar-refractivity contribution in [3.05, 3.63) is 111 Å². The molecule has 210 valence electrons. The quantitative estimate of drug-likeness (QED) is 0.148. The Morgan fingerprint density at radius 1 is 0.511 bits per heavy atom. The number of hydrogen-bond acceptors (Lipinski definition) is 5. The summed E-state index contributed by atoms with van der Waals surface area (Å²) < 4.78 is 8.92. The van der Waals surface area contributed by atoms with Crippen LogP contribution in [0.25, 0.3) is 98.0 Å². The SMILES string of the molecule is COc1ccc2nc3c4ccc5c6ccc7c(=O)n8c9ccc(C)cc9nc8c8ccc(c9ccc(c(=O)n3c2c1)c4c95)c6c78. The van der Waals surface area contributed by atoms with Gasteiger partial charge in [0.1, 0.15) is 17.0 Å². The van der Waals surface area contributed by atoms with Crippen LogP contribution in [0.5, 0.6) is 5.75 Å². The molecule has 0 aliphatic heterocycles. The molecule has 7 nitrogen and oxygen atoms in total. The van der Waals surface area contributed by atoms with Crippen LogP contribution in [0, 0.1) is 6.92 Å². The van der Waals surface area contributed by atoms with E-state index >= 15 is 0 Å². The third-order valence-corrected chi connectivity index (χ3v) is 9.92. The van der Waals surface area contributed by atoms with Crippen LogP contribution in [0.3, 0.4) is 0 Å². The Hall–Kier alpha value is -6.08. The molecular weight excluding hydrogens is 560 g/mol. The lowest BCUT2D eigenvalue weighted by Crippen LogP contribution is -2.14. The highest BCUT2D eigenvalue weighted by Crippen LogP contribution is 2.45. The summed E-state index contributed by atoms with van der Waals surface area (Å²) in [5.41, 5.74) is 5.34. The van der Waals surface area contributed by atoms with E-state index in [0.717, 1.165) is 81.5 Å². The highest BCUT2D eigenvalue weighted by atomic mass is 16.5. The van der Waals surface area contributed by atoms with Gasteiger partial charge in [0.2, 0.25) is 0 Å². The van der Waals surface area contributed by atoms with E-state index in [9.17, 15) is 9.59 Å². The number of methoxy groups -OCH3 is 1. The Morgan fingerprint density at radius 3 is 1.58 bits per heavy atom. The fourth-order valence-corrected chi connectivity index (χ4v) is 8.00. The zero-order chi connectivity index (χ0) is 29.9. The van der Waals surface area contributed by atoms with Gasteiger partial charge in [-0.2, -0.15) is 0 Å². The molecule has 7 heteroatoms. The number of aromatic nitrogens is 4. The maximum Gasteiger partial charge on any atom is 0.264 e. The van der Waals surface area contributed by atoms with Gasteiger partial charge >= 0.3 is 0 Å². The Balaban J connectivity index is 1.35. The Bertz CT molecular complexity index is 3230. The van der Waals surface area contributed by atoms with E-state index < -0.39 is 0 Å². The van der Waals surface area contributed by atoms with Gasteiger partial charge < -0.3 is 4.74 Å². The molecule has 0 spiro atoms.